The summed E-state index contributed by atoms with van der Waals surface area (Å²) in [5, 5.41) is 13.9. The summed E-state index contributed by atoms with van der Waals surface area (Å²) in [5.74, 6) is 0. The molecule has 1 atom stereocenters. The third-order valence-corrected chi connectivity index (χ3v) is 4.52. The van der Waals surface area contributed by atoms with Gasteiger partial charge in [0.15, 0.2) is 0 Å². The van der Waals surface area contributed by atoms with Crippen molar-refractivity contribution in [3.63, 3.8) is 0 Å². The molecule has 1 aromatic carbocycles. The van der Waals surface area contributed by atoms with E-state index in [9.17, 15) is 9.90 Å². The summed E-state index contributed by atoms with van der Waals surface area (Å²) < 4.78 is 5.19. The Morgan fingerprint density at radius 3 is 2.50 bits per heavy atom. The molecule has 1 saturated heterocycles. The van der Waals surface area contributed by atoms with E-state index in [2.05, 4.69) is 31.2 Å². The van der Waals surface area contributed by atoms with Crippen molar-refractivity contribution in [1.82, 2.24) is 10.0 Å². The Labute approximate surface area is 145 Å². The Kier molecular flexibility index (Phi) is 6.24. The van der Waals surface area contributed by atoms with E-state index in [0.717, 1.165) is 6.42 Å². The lowest BCUT2D eigenvalue weighted by Crippen LogP contribution is -2.54. The second-order valence-electron chi connectivity index (χ2n) is 7.60. The zero-order valence-electron chi connectivity index (χ0n) is 15.3. The van der Waals surface area contributed by atoms with E-state index >= 15 is 0 Å². The number of aryl methyl sites for hydroxylation is 1. The number of nitrogens with zero attached hydrogens (tertiary/aromatic N) is 2. The van der Waals surface area contributed by atoms with Gasteiger partial charge in [-0.1, -0.05) is 50.6 Å². The third kappa shape index (κ3) is 5.21. The molecule has 0 aromatic heterocycles. The molecule has 1 unspecified atom stereocenters. The van der Waals surface area contributed by atoms with Crippen LogP contribution in [0.15, 0.2) is 24.3 Å². The number of rotatable bonds is 6. The van der Waals surface area contributed by atoms with E-state index in [1.165, 1.54) is 11.1 Å². The highest BCUT2D eigenvalue weighted by Gasteiger charge is 2.29. The highest BCUT2D eigenvalue weighted by Crippen LogP contribution is 2.22. The molecule has 0 saturated carbocycles. The second kappa shape index (κ2) is 7.99. The molecule has 0 spiro atoms. The number of hydrazine groups is 1. The van der Waals surface area contributed by atoms with Gasteiger partial charge < -0.3 is 9.84 Å². The van der Waals surface area contributed by atoms with Crippen molar-refractivity contribution in [2.45, 2.75) is 46.6 Å². The van der Waals surface area contributed by atoms with Crippen molar-refractivity contribution < 1.29 is 14.6 Å². The number of aliphatic hydroxyl groups excluding tert-OH is 1. The largest absolute Gasteiger partial charge is 0.447 e. The average Bonchev–Trinajstić information content (AvgIpc) is 2.52. The Hall–Kier alpha value is -1.59. The minimum Gasteiger partial charge on any atom is -0.447 e. The van der Waals surface area contributed by atoms with Gasteiger partial charge in [-0.15, -0.1) is 0 Å². The minimum absolute atomic E-state index is 0.150. The van der Waals surface area contributed by atoms with Crippen LogP contribution in [0.5, 0.6) is 0 Å². The van der Waals surface area contributed by atoms with Crippen LogP contribution in [0.4, 0.5) is 4.79 Å². The van der Waals surface area contributed by atoms with E-state index in [-0.39, 0.29) is 11.5 Å². The van der Waals surface area contributed by atoms with E-state index in [0.29, 0.717) is 32.7 Å². The van der Waals surface area contributed by atoms with Crippen LogP contribution >= 0.6 is 0 Å². The molecule has 134 valence electrons. The zero-order valence-corrected chi connectivity index (χ0v) is 15.3. The molecule has 1 aliphatic rings. The highest BCUT2D eigenvalue weighted by molar-refractivity contribution is 5.67. The van der Waals surface area contributed by atoms with Gasteiger partial charge >= 0.3 is 6.09 Å². The summed E-state index contributed by atoms with van der Waals surface area (Å²) in [7, 11) is 0. The lowest BCUT2D eigenvalue weighted by Gasteiger charge is -2.39. The van der Waals surface area contributed by atoms with Crippen molar-refractivity contribution in [3.05, 3.63) is 35.4 Å². The second-order valence-corrected chi connectivity index (χ2v) is 7.60. The van der Waals surface area contributed by atoms with Crippen molar-refractivity contribution >= 4 is 6.09 Å². The van der Waals surface area contributed by atoms with E-state index in [1.54, 1.807) is 5.01 Å². The maximum atomic E-state index is 12.1. The summed E-state index contributed by atoms with van der Waals surface area (Å²) in [4.78, 5) is 12.1. The number of aliphatic hydroxyl groups is 1. The Morgan fingerprint density at radius 1 is 1.21 bits per heavy atom. The monoisotopic (exact) mass is 334 g/mol. The Bertz CT molecular complexity index is 537. The molecule has 1 heterocycles. The molecule has 24 heavy (non-hydrogen) atoms. The topological polar surface area (TPSA) is 53.0 Å². The van der Waals surface area contributed by atoms with Crippen LogP contribution in [-0.2, 0) is 11.2 Å². The standard InChI is InChI=1S/C19H30N2O3/c1-15-5-7-16(8-6-15)9-12-21-18(23)24-14-13-20(21)11-10-17(22)19(2,3)4/h5-8,17,22H,9-14H2,1-4H3. The first-order valence-electron chi connectivity index (χ1n) is 8.70. The molecule has 0 aliphatic carbocycles. The fourth-order valence-corrected chi connectivity index (χ4v) is 2.71. The SMILES string of the molecule is Cc1ccc(CCN2C(=O)OCCN2CCC(O)C(C)(C)C)cc1. The average molecular weight is 334 g/mol. The Morgan fingerprint density at radius 2 is 1.88 bits per heavy atom. The number of benzene rings is 1. The number of carbonyl (C=O) groups is 1. The molecule has 1 fully saturated rings. The van der Waals surface area contributed by atoms with Crippen LogP contribution in [0.3, 0.4) is 0 Å². The quantitative estimate of drug-likeness (QED) is 0.869. The van der Waals surface area contributed by atoms with Crippen LogP contribution in [0.2, 0.25) is 0 Å². The van der Waals surface area contributed by atoms with Crippen LogP contribution < -0.4 is 0 Å². The molecule has 5 heteroatoms. The number of hydrogen-bond donors (Lipinski definition) is 1. The zero-order chi connectivity index (χ0) is 17.7. The maximum Gasteiger partial charge on any atom is 0.424 e. The number of amides is 1. The summed E-state index contributed by atoms with van der Waals surface area (Å²) in [6, 6.07) is 8.36. The number of cyclic esters (lactones) is 1. The van der Waals surface area contributed by atoms with Gasteiger partial charge in [0.2, 0.25) is 0 Å². The summed E-state index contributed by atoms with van der Waals surface area (Å²) in [6.07, 6.45) is 0.735. The van der Waals surface area contributed by atoms with E-state index in [1.807, 2.05) is 25.8 Å². The third-order valence-electron chi connectivity index (χ3n) is 4.52. The first-order valence-corrected chi connectivity index (χ1v) is 8.70. The van der Waals surface area contributed by atoms with Crippen LogP contribution in [0.25, 0.3) is 0 Å². The summed E-state index contributed by atoms with van der Waals surface area (Å²) in [5.41, 5.74) is 2.28. The fourth-order valence-electron chi connectivity index (χ4n) is 2.71. The molecule has 1 N–H and O–H groups in total. The highest BCUT2D eigenvalue weighted by atomic mass is 16.6. The molecule has 1 aromatic rings. The van der Waals surface area contributed by atoms with Gasteiger partial charge in [0.1, 0.15) is 6.61 Å². The van der Waals surface area contributed by atoms with Gasteiger partial charge in [-0.3, -0.25) is 0 Å². The fraction of sp³-hybridized carbons (Fsp3) is 0.632. The molecule has 2 rings (SSSR count). The maximum absolute atomic E-state index is 12.1. The number of ether oxygens (including phenoxy) is 1. The van der Waals surface area contributed by atoms with Gasteiger partial charge in [-0.25, -0.2) is 14.8 Å². The van der Waals surface area contributed by atoms with Gasteiger partial charge in [0.05, 0.1) is 12.6 Å². The number of carbonyl (C=O) groups excluding carboxylic acids is 1. The first kappa shape index (κ1) is 18.7. The summed E-state index contributed by atoms with van der Waals surface area (Å²) >= 11 is 0. The van der Waals surface area contributed by atoms with Crippen molar-refractivity contribution in [3.8, 4) is 0 Å². The number of hydrogen-bond acceptors (Lipinski definition) is 4. The van der Waals surface area contributed by atoms with Gasteiger partial charge in [-0.2, -0.15) is 0 Å². The van der Waals surface area contributed by atoms with Gasteiger partial charge in [-0.05, 0) is 30.7 Å². The molecule has 0 radical (unpaired) electrons. The molecule has 1 amide bonds. The minimum atomic E-state index is -0.394. The van der Waals surface area contributed by atoms with Crippen molar-refractivity contribution in [2.75, 3.05) is 26.2 Å². The Balaban J connectivity index is 1.93. The molecular weight excluding hydrogens is 304 g/mol. The van der Waals surface area contributed by atoms with E-state index < -0.39 is 6.10 Å². The smallest absolute Gasteiger partial charge is 0.424 e. The van der Waals surface area contributed by atoms with E-state index in [4.69, 9.17) is 4.74 Å². The van der Waals surface area contributed by atoms with Crippen LogP contribution in [0, 0.1) is 12.3 Å². The van der Waals surface area contributed by atoms with Gasteiger partial charge in [0.25, 0.3) is 0 Å². The lowest BCUT2D eigenvalue weighted by atomic mass is 9.87. The predicted molar refractivity (Wildman–Crippen MR) is 94.6 cm³/mol. The summed E-state index contributed by atoms with van der Waals surface area (Å²) in [6.45, 7) is 10.5. The van der Waals surface area contributed by atoms with Crippen molar-refractivity contribution in [1.29, 1.82) is 0 Å². The lowest BCUT2D eigenvalue weighted by molar-refractivity contribution is -0.0767. The first-order chi connectivity index (χ1) is 11.3. The normalized spacial score (nSPS) is 17.7. The predicted octanol–water partition coefficient (Wildman–Crippen LogP) is 3.00. The van der Waals surface area contributed by atoms with Crippen LogP contribution in [-0.4, -0.2) is 53.6 Å². The van der Waals surface area contributed by atoms with Crippen molar-refractivity contribution in [2.24, 2.45) is 5.41 Å². The molecule has 0 bridgehead atoms. The molecular formula is C19H30N2O3. The van der Waals surface area contributed by atoms with Crippen LogP contribution in [0.1, 0.15) is 38.3 Å². The molecule has 1 aliphatic heterocycles. The molecule has 5 nitrogen and oxygen atoms in total. The van der Waals surface area contributed by atoms with Gasteiger partial charge in [0, 0.05) is 13.1 Å².